The van der Waals surface area contributed by atoms with E-state index in [-0.39, 0.29) is 0 Å². The van der Waals surface area contributed by atoms with Crippen molar-refractivity contribution < 1.29 is 8.78 Å². The molecule has 1 nitrogen and oxygen atoms in total. The van der Waals surface area contributed by atoms with Crippen LogP contribution in [-0.4, -0.2) is 12.5 Å². The number of alkyl halides is 2. The van der Waals surface area contributed by atoms with Crippen LogP contribution in [-0.2, 0) is 0 Å². The van der Waals surface area contributed by atoms with Crippen molar-refractivity contribution in [2.24, 2.45) is 11.1 Å². The number of rotatable bonds is 2. The first-order valence-corrected chi connectivity index (χ1v) is 4.60. The Morgan fingerprint density at radius 3 is 2.17 bits per heavy atom. The molecule has 72 valence electrons. The van der Waals surface area contributed by atoms with Crippen LogP contribution in [0.3, 0.4) is 0 Å². The Hall–Kier alpha value is -0.180. The number of hydrogen-bond donors (Lipinski definition) is 1. The lowest BCUT2D eigenvalue weighted by atomic mass is 9.71. The van der Waals surface area contributed by atoms with Crippen molar-refractivity contribution >= 4 is 0 Å². The average Bonchev–Trinajstić information content (AvgIpc) is 2.06. The second-order valence-electron chi connectivity index (χ2n) is 4.03. The predicted octanol–water partition coefficient (Wildman–Crippen LogP) is 2.55. The minimum absolute atomic E-state index is 0.510. The van der Waals surface area contributed by atoms with Crippen LogP contribution in [0.1, 0.15) is 39.0 Å². The molecule has 1 aliphatic rings. The summed E-state index contributed by atoms with van der Waals surface area (Å²) in [6.07, 6.45) is 4.18. The lowest BCUT2D eigenvalue weighted by Gasteiger charge is -2.39. The van der Waals surface area contributed by atoms with E-state index in [4.69, 9.17) is 5.73 Å². The highest BCUT2D eigenvalue weighted by atomic mass is 19.3. The molecule has 1 saturated carbocycles. The molecule has 0 aliphatic heterocycles. The van der Waals surface area contributed by atoms with Crippen LogP contribution in [0.2, 0.25) is 0 Å². The fourth-order valence-corrected chi connectivity index (χ4v) is 1.94. The second kappa shape index (κ2) is 3.29. The highest BCUT2D eigenvalue weighted by Gasteiger charge is 2.48. The quantitative estimate of drug-likeness (QED) is 0.689. The Kier molecular flexibility index (Phi) is 2.71. The Bertz CT molecular complexity index is 151. The van der Waals surface area contributed by atoms with Crippen molar-refractivity contribution in [3.05, 3.63) is 0 Å². The van der Waals surface area contributed by atoms with Gasteiger partial charge in [-0.1, -0.05) is 26.2 Å². The van der Waals surface area contributed by atoms with Gasteiger partial charge in [0.2, 0.25) is 0 Å². The first-order chi connectivity index (χ1) is 5.52. The largest absolute Gasteiger partial charge is 0.325 e. The van der Waals surface area contributed by atoms with E-state index < -0.39 is 17.9 Å². The molecule has 0 amide bonds. The fraction of sp³-hybridized carbons (Fsp3) is 1.00. The molecule has 1 aliphatic carbocycles. The van der Waals surface area contributed by atoms with E-state index in [1.54, 1.807) is 6.92 Å². The molecule has 0 atom stereocenters. The minimum Gasteiger partial charge on any atom is -0.325 e. The van der Waals surface area contributed by atoms with E-state index in [2.05, 4.69) is 0 Å². The van der Waals surface area contributed by atoms with Gasteiger partial charge < -0.3 is 5.73 Å². The molecule has 0 radical (unpaired) electrons. The Labute approximate surface area is 72.3 Å². The van der Waals surface area contributed by atoms with Gasteiger partial charge >= 0.3 is 0 Å². The van der Waals surface area contributed by atoms with Gasteiger partial charge in [-0.05, 0) is 12.8 Å². The molecule has 3 heteroatoms. The zero-order valence-electron chi connectivity index (χ0n) is 7.58. The molecule has 0 saturated heterocycles. The zero-order valence-corrected chi connectivity index (χ0v) is 7.58. The van der Waals surface area contributed by atoms with Crippen molar-refractivity contribution in [2.75, 3.05) is 6.54 Å². The van der Waals surface area contributed by atoms with Gasteiger partial charge in [-0.3, -0.25) is 0 Å². The van der Waals surface area contributed by atoms with Crippen molar-refractivity contribution in [1.82, 2.24) is 0 Å². The third kappa shape index (κ3) is 1.60. The molecule has 0 heterocycles. The van der Waals surface area contributed by atoms with Crippen LogP contribution >= 0.6 is 0 Å². The Morgan fingerprint density at radius 1 is 1.25 bits per heavy atom. The molecule has 1 fully saturated rings. The zero-order chi connectivity index (χ0) is 9.24. The number of hydrogen-bond acceptors (Lipinski definition) is 1. The SMILES string of the molecule is CC1(C(F)(F)CN)CCCCC1. The molecule has 0 spiro atoms. The lowest BCUT2D eigenvalue weighted by molar-refractivity contribution is -0.121. The fourth-order valence-electron chi connectivity index (χ4n) is 1.94. The maximum atomic E-state index is 13.3. The number of nitrogens with two attached hydrogens (primary N) is 1. The van der Waals surface area contributed by atoms with Crippen LogP contribution in [0, 0.1) is 5.41 Å². The van der Waals surface area contributed by atoms with Gasteiger partial charge in [0.25, 0.3) is 5.92 Å². The van der Waals surface area contributed by atoms with Crippen LogP contribution in [0.4, 0.5) is 8.78 Å². The van der Waals surface area contributed by atoms with Crippen molar-refractivity contribution in [3.8, 4) is 0 Å². The molecule has 12 heavy (non-hydrogen) atoms. The summed E-state index contributed by atoms with van der Waals surface area (Å²) in [6.45, 7) is 1.16. The van der Waals surface area contributed by atoms with Crippen LogP contribution in [0.15, 0.2) is 0 Å². The third-order valence-electron chi connectivity index (χ3n) is 3.10. The van der Waals surface area contributed by atoms with Crippen molar-refractivity contribution in [1.29, 1.82) is 0 Å². The van der Waals surface area contributed by atoms with Crippen LogP contribution in [0.25, 0.3) is 0 Å². The summed E-state index contributed by atoms with van der Waals surface area (Å²) in [7, 11) is 0. The van der Waals surface area contributed by atoms with Gasteiger partial charge in [-0.2, -0.15) is 0 Å². The molecule has 0 bridgehead atoms. The summed E-state index contributed by atoms with van der Waals surface area (Å²) < 4.78 is 26.6. The molecule has 0 aromatic carbocycles. The maximum Gasteiger partial charge on any atom is 0.265 e. The Morgan fingerprint density at radius 2 is 1.75 bits per heavy atom. The summed E-state index contributed by atoms with van der Waals surface area (Å²) in [5, 5.41) is 0. The first kappa shape index (κ1) is 9.90. The lowest BCUT2D eigenvalue weighted by Crippen LogP contribution is -2.45. The monoisotopic (exact) mass is 177 g/mol. The van der Waals surface area contributed by atoms with Crippen molar-refractivity contribution in [2.45, 2.75) is 45.0 Å². The number of halogens is 2. The molecule has 0 aromatic heterocycles. The van der Waals surface area contributed by atoms with Gasteiger partial charge in [0.05, 0.1) is 6.54 Å². The third-order valence-corrected chi connectivity index (χ3v) is 3.10. The second-order valence-corrected chi connectivity index (χ2v) is 4.03. The van der Waals surface area contributed by atoms with Gasteiger partial charge in [0.1, 0.15) is 0 Å². The molecule has 0 aromatic rings. The molecular weight excluding hydrogens is 160 g/mol. The predicted molar refractivity (Wildman–Crippen MR) is 45.2 cm³/mol. The highest BCUT2D eigenvalue weighted by molar-refractivity contribution is 4.91. The van der Waals surface area contributed by atoms with Crippen molar-refractivity contribution in [3.63, 3.8) is 0 Å². The topological polar surface area (TPSA) is 26.0 Å². The van der Waals surface area contributed by atoms with Gasteiger partial charge in [0, 0.05) is 5.41 Å². The smallest absolute Gasteiger partial charge is 0.265 e. The van der Waals surface area contributed by atoms with Gasteiger partial charge in [0.15, 0.2) is 0 Å². The van der Waals surface area contributed by atoms with E-state index in [9.17, 15) is 8.78 Å². The summed E-state index contributed by atoms with van der Waals surface area (Å²) in [4.78, 5) is 0. The van der Waals surface area contributed by atoms with Crippen LogP contribution < -0.4 is 5.73 Å². The van der Waals surface area contributed by atoms with Gasteiger partial charge in [-0.15, -0.1) is 0 Å². The van der Waals surface area contributed by atoms with Crippen LogP contribution in [0.5, 0.6) is 0 Å². The standard InChI is InChI=1S/C9H17F2N/c1-8(9(10,11)7-12)5-3-2-4-6-8/h2-7,12H2,1H3. The summed E-state index contributed by atoms with van der Waals surface area (Å²) in [5.74, 6) is -2.67. The molecule has 0 unspecified atom stereocenters. The Balaban J connectivity index is 2.68. The summed E-state index contributed by atoms with van der Waals surface area (Å²) >= 11 is 0. The molecule has 1 rings (SSSR count). The molecule has 2 N–H and O–H groups in total. The van der Waals surface area contributed by atoms with E-state index in [0.29, 0.717) is 12.8 Å². The van der Waals surface area contributed by atoms with E-state index in [1.165, 1.54) is 0 Å². The maximum absolute atomic E-state index is 13.3. The van der Waals surface area contributed by atoms with E-state index >= 15 is 0 Å². The summed E-state index contributed by atoms with van der Waals surface area (Å²) in [5.41, 5.74) is 4.24. The average molecular weight is 177 g/mol. The molecular formula is C9H17F2N. The normalized spacial score (nSPS) is 24.0. The first-order valence-electron chi connectivity index (χ1n) is 4.60. The minimum atomic E-state index is -2.67. The van der Waals surface area contributed by atoms with E-state index in [1.807, 2.05) is 0 Å². The van der Waals surface area contributed by atoms with E-state index in [0.717, 1.165) is 19.3 Å². The van der Waals surface area contributed by atoms with Gasteiger partial charge in [-0.25, -0.2) is 8.78 Å². The summed E-state index contributed by atoms with van der Waals surface area (Å²) in [6, 6.07) is 0. The highest BCUT2D eigenvalue weighted by Crippen LogP contribution is 2.46.